The number of nitrogens with zero attached hydrogens (tertiary/aromatic N) is 2. The predicted molar refractivity (Wildman–Crippen MR) is 81.8 cm³/mol. The lowest BCUT2D eigenvalue weighted by Gasteiger charge is -2.17. The summed E-state index contributed by atoms with van der Waals surface area (Å²) in [7, 11) is 0. The number of hydrogen-bond donors (Lipinski definition) is 2. The molecule has 0 unspecified atom stereocenters. The fourth-order valence-corrected chi connectivity index (χ4v) is 2.26. The van der Waals surface area contributed by atoms with E-state index in [2.05, 4.69) is 15.3 Å². The van der Waals surface area contributed by atoms with Crippen molar-refractivity contribution in [3.8, 4) is 0 Å². The number of rotatable bonds is 1. The molecule has 0 aliphatic carbocycles. The van der Waals surface area contributed by atoms with Crippen LogP contribution >= 0.6 is 0 Å². The van der Waals surface area contributed by atoms with Gasteiger partial charge in [0.1, 0.15) is 0 Å². The van der Waals surface area contributed by atoms with Crippen molar-refractivity contribution < 1.29 is 26.3 Å². The Balaban J connectivity index is 0.000000190. The minimum Gasteiger partial charge on any atom is -0.326 e. The first kappa shape index (κ1) is 20.1. The van der Waals surface area contributed by atoms with Gasteiger partial charge in [-0.05, 0) is 23.3 Å². The molecule has 2 aromatic heterocycles. The van der Waals surface area contributed by atoms with E-state index in [0.717, 1.165) is 30.7 Å². The molecule has 0 amide bonds. The average molecular weight is 378 g/mol. The molecule has 3 rings (SSSR count). The zero-order valence-electron chi connectivity index (χ0n) is 13.5. The van der Waals surface area contributed by atoms with Crippen molar-refractivity contribution in [3.05, 3.63) is 58.7 Å². The van der Waals surface area contributed by atoms with Crippen LogP contribution in [0.1, 0.15) is 27.9 Å². The molecule has 0 aromatic carbocycles. The number of fused-ring (bicyclic) bond motifs is 1. The van der Waals surface area contributed by atoms with Crippen LogP contribution in [0.2, 0.25) is 0 Å². The smallest absolute Gasteiger partial charge is 0.326 e. The number of alkyl halides is 6. The lowest BCUT2D eigenvalue weighted by molar-refractivity contribution is -0.138. The Hall–Kier alpha value is -2.20. The molecule has 0 atom stereocenters. The third kappa shape index (κ3) is 5.40. The van der Waals surface area contributed by atoms with E-state index in [9.17, 15) is 26.3 Å². The number of aromatic nitrogens is 2. The Labute approximate surface area is 145 Å². The number of pyridine rings is 2. The third-order valence-corrected chi connectivity index (χ3v) is 3.60. The maximum absolute atomic E-state index is 12.3. The topological polar surface area (TPSA) is 63.8 Å². The van der Waals surface area contributed by atoms with E-state index in [1.807, 2.05) is 0 Å². The molecule has 2 aromatic rings. The van der Waals surface area contributed by atoms with Crippen LogP contribution < -0.4 is 11.1 Å². The van der Waals surface area contributed by atoms with Crippen molar-refractivity contribution >= 4 is 0 Å². The Morgan fingerprint density at radius 2 is 1.62 bits per heavy atom. The zero-order valence-corrected chi connectivity index (χ0v) is 13.5. The summed E-state index contributed by atoms with van der Waals surface area (Å²) in [5.41, 5.74) is 5.54. The summed E-state index contributed by atoms with van der Waals surface area (Å²) in [4.78, 5) is 7.25. The van der Waals surface area contributed by atoms with Gasteiger partial charge in [-0.1, -0.05) is 0 Å². The molecule has 0 saturated heterocycles. The summed E-state index contributed by atoms with van der Waals surface area (Å²) in [6.07, 6.45) is -4.93. The first-order valence-corrected chi connectivity index (χ1v) is 7.58. The van der Waals surface area contributed by atoms with Crippen LogP contribution in [0.4, 0.5) is 26.3 Å². The number of nitrogens with one attached hydrogen (secondary N) is 1. The first-order valence-electron chi connectivity index (χ1n) is 7.58. The Kier molecular flexibility index (Phi) is 6.19. The van der Waals surface area contributed by atoms with Gasteiger partial charge in [-0.2, -0.15) is 26.3 Å². The highest BCUT2D eigenvalue weighted by molar-refractivity contribution is 5.28. The minimum absolute atomic E-state index is 0.0664. The average Bonchev–Trinajstić information content (AvgIpc) is 2.60. The van der Waals surface area contributed by atoms with Gasteiger partial charge in [0.25, 0.3) is 0 Å². The molecule has 3 N–H and O–H groups in total. The molecule has 142 valence electrons. The summed E-state index contributed by atoms with van der Waals surface area (Å²) in [6, 6.07) is 2.17. The van der Waals surface area contributed by atoms with Crippen LogP contribution in [0.15, 0.2) is 30.7 Å². The van der Waals surface area contributed by atoms with E-state index in [1.54, 1.807) is 0 Å². The Morgan fingerprint density at radius 1 is 0.962 bits per heavy atom. The normalized spacial score (nSPS) is 14.3. The number of hydrogen-bond acceptors (Lipinski definition) is 4. The highest BCUT2D eigenvalue weighted by atomic mass is 19.4. The van der Waals surface area contributed by atoms with Gasteiger partial charge in [-0.25, -0.2) is 0 Å². The maximum atomic E-state index is 12.3. The fraction of sp³-hybridized carbons (Fsp3) is 0.375. The van der Waals surface area contributed by atoms with E-state index in [-0.39, 0.29) is 6.54 Å². The van der Waals surface area contributed by atoms with E-state index in [1.165, 1.54) is 12.3 Å². The fourth-order valence-electron chi connectivity index (χ4n) is 2.26. The molecule has 0 radical (unpaired) electrons. The number of halogens is 6. The van der Waals surface area contributed by atoms with E-state index < -0.39 is 23.5 Å². The second-order valence-electron chi connectivity index (χ2n) is 5.54. The summed E-state index contributed by atoms with van der Waals surface area (Å²) >= 11 is 0. The molecule has 4 nitrogen and oxygen atoms in total. The van der Waals surface area contributed by atoms with Crippen LogP contribution in [-0.2, 0) is 31.9 Å². The Bertz CT molecular complexity index is 742. The van der Waals surface area contributed by atoms with Crippen LogP contribution in [0.3, 0.4) is 0 Å². The summed E-state index contributed by atoms with van der Waals surface area (Å²) in [6.45, 7) is 1.33. The van der Waals surface area contributed by atoms with E-state index in [0.29, 0.717) is 24.1 Å². The van der Waals surface area contributed by atoms with Gasteiger partial charge in [-0.3, -0.25) is 9.97 Å². The van der Waals surface area contributed by atoms with Crippen molar-refractivity contribution in [2.45, 2.75) is 31.9 Å². The lowest BCUT2D eigenvalue weighted by Crippen LogP contribution is -2.25. The van der Waals surface area contributed by atoms with Gasteiger partial charge in [-0.15, -0.1) is 0 Å². The third-order valence-electron chi connectivity index (χ3n) is 3.60. The molecule has 0 spiro atoms. The van der Waals surface area contributed by atoms with Gasteiger partial charge in [0, 0.05) is 50.3 Å². The monoisotopic (exact) mass is 378 g/mol. The molecule has 26 heavy (non-hydrogen) atoms. The highest BCUT2D eigenvalue weighted by Gasteiger charge is 2.32. The molecular weight excluding hydrogens is 362 g/mol. The molecule has 0 saturated carbocycles. The molecule has 0 fully saturated rings. The first-order chi connectivity index (χ1) is 12.1. The summed E-state index contributed by atoms with van der Waals surface area (Å²) in [5.74, 6) is 0. The van der Waals surface area contributed by atoms with Crippen molar-refractivity contribution in [1.29, 1.82) is 0 Å². The van der Waals surface area contributed by atoms with Gasteiger partial charge >= 0.3 is 12.4 Å². The molecule has 1 aliphatic heterocycles. The largest absolute Gasteiger partial charge is 0.417 e. The van der Waals surface area contributed by atoms with Gasteiger partial charge < -0.3 is 11.1 Å². The van der Waals surface area contributed by atoms with Crippen LogP contribution in [0.5, 0.6) is 0 Å². The van der Waals surface area contributed by atoms with Crippen LogP contribution in [0, 0.1) is 0 Å². The molecule has 1 aliphatic rings. The lowest BCUT2D eigenvalue weighted by atomic mass is 10.1. The van der Waals surface area contributed by atoms with Gasteiger partial charge in [0.2, 0.25) is 0 Å². The number of nitrogens with two attached hydrogens (primary N) is 1. The van der Waals surface area contributed by atoms with Crippen LogP contribution in [-0.4, -0.2) is 16.5 Å². The van der Waals surface area contributed by atoms with E-state index >= 15 is 0 Å². The SMILES string of the molecule is FC(F)(F)c1cnc2c(c1)CNCC2.NCc1cncc(C(F)(F)F)c1. The van der Waals surface area contributed by atoms with Gasteiger partial charge in [0.05, 0.1) is 11.1 Å². The molecule has 10 heteroatoms. The second-order valence-corrected chi connectivity index (χ2v) is 5.54. The standard InChI is InChI=1S/C9H9F3N2.C7H7F3N2/c10-9(11,12)7-3-6-4-13-2-1-8(6)14-5-7;8-7(9,10)6-1-5(2-11)3-12-4-6/h3,5,13H,1-2,4H2;1,3-4H,2,11H2. The Morgan fingerprint density at radius 3 is 2.23 bits per heavy atom. The minimum atomic E-state index is -4.34. The second kappa shape index (κ2) is 8.00. The molecular formula is C16H16F6N4. The quantitative estimate of drug-likeness (QED) is 0.748. The predicted octanol–water partition coefficient (Wildman–Crippen LogP) is 3.31. The van der Waals surface area contributed by atoms with Crippen molar-refractivity contribution in [1.82, 2.24) is 15.3 Å². The molecule has 0 bridgehead atoms. The highest BCUT2D eigenvalue weighted by Crippen LogP contribution is 2.30. The van der Waals surface area contributed by atoms with Crippen molar-refractivity contribution in [2.75, 3.05) is 6.54 Å². The van der Waals surface area contributed by atoms with Gasteiger partial charge in [0.15, 0.2) is 0 Å². The van der Waals surface area contributed by atoms with Crippen molar-refractivity contribution in [2.24, 2.45) is 5.73 Å². The molecule has 3 heterocycles. The maximum Gasteiger partial charge on any atom is 0.417 e. The summed E-state index contributed by atoms with van der Waals surface area (Å²) < 4.78 is 73.0. The van der Waals surface area contributed by atoms with E-state index in [4.69, 9.17) is 5.73 Å². The van der Waals surface area contributed by atoms with Crippen molar-refractivity contribution in [3.63, 3.8) is 0 Å². The zero-order chi connectivity index (χ0) is 19.4. The van der Waals surface area contributed by atoms with Crippen LogP contribution in [0.25, 0.3) is 0 Å². The summed E-state index contributed by atoms with van der Waals surface area (Å²) in [5, 5.41) is 3.01.